The molecule has 0 spiro atoms. The molecule has 2 unspecified atom stereocenters. The van der Waals surface area contributed by atoms with Crippen LogP contribution in [-0.4, -0.2) is 31.2 Å². The lowest BCUT2D eigenvalue weighted by atomic mass is 9.92. The quantitative estimate of drug-likeness (QED) is 0.751. The third kappa shape index (κ3) is 4.49. The van der Waals surface area contributed by atoms with Gasteiger partial charge in [0.15, 0.2) is 0 Å². The number of nitrogens with two attached hydrogens (primary N) is 1. The zero-order valence-electron chi connectivity index (χ0n) is 10.6. The minimum absolute atomic E-state index is 0.0712. The predicted molar refractivity (Wildman–Crippen MR) is 64.0 cm³/mol. The van der Waals surface area contributed by atoms with E-state index in [1.165, 1.54) is 0 Å². The molecule has 1 rings (SSSR count). The van der Waals surface area contributed by atoms with Crippen molar-refractivity contribution in [3.63, 3.8) is 0 Å². The summed E-state index contributed by atoms with van der Waals surface area (Å²) in [4.78, 5) is 11.9. The van der Waals surface area contributed by atoms with Crippen LogP contribution in [0.1, 0.15) is 33.6 Å². The number of rotatable bonds is 4. The second kappa shape index (κ2) is 5.64. The van der Waals surface area contributed by atoms with Gasteiger partial charge in [-0.1, -0.05) is 0 Å². The third-order valence-electron chi connectivity index (χ3n) is 2.80. The Bertz CT molecular complexity index is 230. The first-order valence-electron chi connectivity index (χ1n) is 6.02. The Kier molecular flexibility index (Phi) is 4.74. The molecule has 1 heterocycles. The first-order valence-corrected chi connectivity index (χ1v) is 6.02. The summed E-state index contributed by atoms with van der Waals surface area (Å²) in [5.74, 6) is 0.493. The summed E-state index contributed by atoms with van der Waals surface area (Å²) < 4.78 is 5.31. The van der Waals surface area contributed by atoms with Crippen LogP contribution < -0.4 is 11.1 Å². The summed E-state index contributed by atoms with van der Waals surface area (Å²) in [6.45, 7) is 7.96. The Hall–Kier alpha value is -0.610. The highest BCUT2D eigenvalue weighted by atomic mass is 16.5. The Morgan fingerprint density at radius 1 is 1.56 bits per heavy atom. The van der Waals surface area contributed by atoms with Gasteiger partial charge < -0.3 is 15.8 Å². The van der Waals surface area contributed by atoms with Crippen LogP contribution in [0.4, 0.5) is 0 Å². The SMILES string of the molecule is CC(C)(C)NC(=O)C(CN)CC1CCOC1. The van der Waals surface area contributed by atoms with Gasteiger partial charge in [-0.25, -0.2) is 0 Å². The van der Waals surface area contributed by atoms with E-state index >= 15 is 0 Å². The van der Waals surface area contributed by atoms with Gasteiger partial charge in [-0.05, 0) is 39.5 Å². The molecule has 1 fully saturated rings. The number of ether oxygens (including phenoxy) is 1. The summed E-state index contributed by atoms with van der Waals surface area (Å²) >= 11 is 0. The Labute approximate surface area is 97.9 Å². The normalized spacial score (nSPS) is 23.1. The number of nitrogens with one attached hydrogen (secondary N) is 1. The third-order valence-corrected chi connectivity index (χ3v) is 2.80. The van der Waals surface area contributed by atoms with Gasteiger partial charge in [0.1, 0.15) is 0 Å². The summed E-state index contributed by atoms with van der Waals surface area (Å²) in [7, 11) is 0. The highest BCUT2D eigenvalue weighted by Crippen LogP contribution is 2.21. The molecular weight excluding hydrogens is 204 g/mol. The zero-order valence-corrected chi connectivity index (χ0v) is 10.6. The molecule has 16 heavy (non-hydrogen) atoms. The number of hydrogen-bond donors (Lipinski definition) is 2. The van der Waals surface area contributed by atoms with Crippen LogP contribution in [0.2, 0.25) is 0 Å². The summed E-state index contributed by atoms with van der Waals surface area (Å²) in [5, 5.41) is 2.98. The van der Waals surface area contributed by atoms with Gasteiger partial charge in [-0.3, -0.25) is 4.79 Å². The average Bonchev–Trinajstić information content (AvgIpc) is 2.63. The van der Waals surface area contributed by atoms with Crippen molar-refractivity contribution in [2.45, 2.75) is 39.2 Å². The molecule has 1 aliphatic heterocycles. The monoisotopic (exact) mass is 228 g/mol. The first-order chi connectivity index (χ1) is 7.42. The molecule has 0 aromatic carbocycles. The molecule has 0 bridgehead atoms. The van der Waals surface area contributed by atoms with Crippen molar-refractivity contribution in [3.8, 4) is 0 Å². The van der Waals surface area contributed by atoms with Crippen LogP contribution in [-0.2, 0) is 9.53 Å². The molecule has 1 aliphatic rings. The number of carbonyl (C=O) groups excluding carboxylic acids is 1. The molecule has 94 valence electrons. The first kappa shape index (κ1) is 13.5. The van der Waals surface area contributed by atoms with Crippen molar-refractivity contribution >= 4 is 5.91 Å². The zero-order chi connectivity index (χ0) is 12.2. The van der Waals surface area contributed by atoms with Crippen molar-refractivity contribution in [3.05, 3.63) is 0 Å². The molecule has 4 nitrogen and oxygen atoms in total. The predicted octanol–water partition coefficient (Wildman–Crippen LogP) is 0.903. The fraction of sp³-hybridized carbons (Fsp3) is 0.917. The number of carbonyl (C=O) groups is 1. The van der Waals surface area contributed by atoms with Gasteiger partial charge in [0.05, 0.1) is 5.92 Å². The number of amides is 1. The summed E-state index contributed by atoms with van der Waals surface area (Å²) in [5.41, 5.74) is 5.49. The maximum atomic E-state index is 11.9. The smallest absolute Gasteiger partial charge is 0.224 e. The Balaban J connectivity index is 2.43. The molecule has 0 aromatic heterocycles. The topological polar surface area (TPSA) is 64.4 Å². The minimum atomic E-state index is -0.184. The lowest BCUT2D eigenvalue weighted by molar-refractivity contribution is -0.126. The van der Waals surface area contributed by atoms with Crippen molar-refractivity contribution in [1.82, 2.24) is 5.32 Å². The van der Waals surface area contributed by atoms with Gasteiger partial charge in [-0.2, -0.15) is 0 Å². The molecule has 3 N–H and O–H groups in total. The number of hydrogen-bond acceptors (Lipinski definition) is 3. The highest BCUT2D eigenvalue weighted by molar-refractivity contribution is 5.79. The van der Waals surface area contributed by atoms with Gasteiger partial charge in [0.25, 0.3) is 0 Å². The van der Waals surface area contributed by atoms with Crippen LogP contribution >= 0.6 is 0 Å². The van der Waals surface area contributed by atoms with Crippen LogP contribution in [0.3, 0.4) is 0 Å². The largest absolute Gasteiger partial charge is 0.381 e. The van der Waals surface area contributed by atoms with Crippen LogP contribution in [0.15, 0.2) is 0 Å². The molecular formula is C12H24N2O2. The van der Waals surface area contributed by atoms with Gasteiger partial charge in [-0.15, -0.1) is 0 Å². The second-order valence-corrected chi connectivity index (χ2v) is 5.64. The van der Waals surface area contributed by atoms with Crippen molar-refractivity contribution in [1.29, 1.82) is 0 Å². The average molecular weight is 228 g/mol. The van der Waals surface area contributed by atoms with E-state index in [2.05, 4.69) is 5.32 Å². The van der Waals surface area contributed by atoms with Crippen molar-refractivity contribution < 1.29 is 9.53 Å². The molecule has 0 saturated carbocycles. The van der Waals surface area contributed by atoms with Crippen LogP contribution in [0, 0.1) is 11.8 Å². The summed E-state index contributed by atoms with van der Waals surface area (Å²) in [6.07, 6.45) is 1.90. The second-order valence-electron chi connectivity index (χ2n) is 5.64. The lowest BCUT2D eigenvalue weighted by Gasteiger charge is -2.25. The minimum Gasteiger partial charge on any atom is -0.381 e. The van der Waals surface area contributed by atoms with Crippen molar-refractivity contribution in [2.75, 3.05) is 19.8 Å². The fourth-order valence-electron chi connectivity index (χ4n) is 1.95. The van der Waals surface area contributed by atoms with E-state index in [0.29, 0.717) is 12.5 Å². The van der Waals surface area contributed by atoms with Gasteiger partial charge >= 0.3 is 0 Å². The highest BCUT2D eigenvalue weighted by Gasteiger charge is 2.26. The molecule has 1 saturated heterocycles. The maximum absolute atomic E-state index is 11.9. The van der Waals surface area contributed by atoms with E-state index < -0.39 is 0 Å². The van der Waals surface area contributed by atoms with E-state index in [-0.39, 0.29) is 17.4 Å². The van der Waals surface area contributed by atoms with E-state index in [4.69, 9.17) is 10.5 Å². The van der Waals surface area contributed by atoms with E-state index in [1.807, 2.05) is 20.8 Å². The van der Waals surface area contributed by atoms with E-state index in [0.717, 1.165) is 26.1 Å². The maximum Gasteiger partial charge on any atom is 0.224 e. The van der Waals surface area contributed by atoms with Gasteiger partial charge in [0, 0.05) is 25.3 Å². The van der Waals surface area contributed by atoms with Gasteiger partial charge in [0.2, 0.25) is 5.91 Å². The van der Waals surface area contributed by atoms with E-state index in [9.17, 15) is 4.79 Å². The van der Waals surface area contributed by atoms with Crippen molar-refractivity contribution in [2.24, 2.45) is 17.6 Å². The van der Waals surface area contributed by atoms with Crippen LogP contribution in [0.5, 0.6) is 0 Å². The van der Waals surface area contributed by atoms with Crippen LogP contribution in [0.25, 0.3) is 0 Å². The molecule has 0 aromatic rings. The molecule has 0 aliphatic carbocycles. The molecule has 0 radical (unpaired) electrons. The Morgan fingerprint density at radius 3 is 2.69 bits per heavy atom. The molecule has 1 amide bonds. The van der Waals surface area contributed by atoms with E-state index in [1.54, 1.807) is 0 Å². The molecule has 4 heteroatoms. The standard InChI is InChI=1S/C12H24N2O2/c1-12(2,3)14-11(15)10(7-13)6-9-4-5-16-8-9/h9-10H,4-8,13H2,1-3H3,(H,14,15). The Morgan fingerprint density at radius 2 is 2.25 bits per heavy atom. The fourth-order valence-corrected chi connectivity index (χ4v) is 1.95. The summed E-state index contributed by atoms with van der Waals surface area (Å²) in [6, 6.07) is 0. The lowest BCUT2D eigenvalue weighted by Crippen LogP contribution is -2.46. The molecule has 2 atom stereocenters.